The Bertz CT molecular complexity index is 600. The number of halogens is 1. The monoisotopic (exact) mass is 322 g/mol. The van der Waals surface area contributed by atoms with E-state index in [2.05, 4.69) is 31.2 Å². The molecule has 0 bridgehead atoms. The fourth-order valence-electron chi connectivity index (χ4n) is 1.45. The van der Waals surface area contributed by atoms with Crippen LogP contribution in [0.5, 0.6) is 0 Å². The Kier molecular flexibility index (Phi) is 3.88. The van der Waals surface area contributed by atoms with Crippen LogP contribution in [0.4, 0.5) is 11.6 Å². The van der Waals surface area contributed by atoms with Gasteiger partial charge in [-0.25, -0.2) is 9.97 Å². The molecule has 0 unspecified atom stereocenters. The number of rotatable bonds is 3. The van der Waals surface area contributed by atoms with Crippen LogP contribution >= 0.6 is 28.1 Å². The SMILES string of the molecule is Cc1cc(C(N)=S)nc(Nc2cccc(Br)c2)n1. The number of nitrogens with two attached hydrogens (primary N) is 1. The van der Waals surface area contributed by atoms with Gasteiger partial charge in [-0.3, -0.25) is 0 Å². The summed E-state index contributed by atoms with van der Waals surface area (Å²) in [5, 5.41) is 3.11. The molecule has 0 spiro atoms. The first-order valence-corrected chi connectivity index (χ1v) is 6.43. The summed E-state index contributed by atoms with van der Waals surface area (Å²) in [6.07, 6.45) is 0. The summed E-state index contributed by atoms with van der Waals surface area (Å²) in [5.74, 6) is 0.482. The lowest BCUT2D eigenvalue weighted by Gasteiger charge is -2.07. The zero-order valence-electron chi connectivity index (χ0n) is 9.64. The van der Waals surface area contributed by atoms with Gasteiger partial charge in [-0.2, -0.15) is 0 Å². The summed E-state index contributed by atoms with van der Waals surface area (Å²) in [7, 11) is 0. The van der Waals surface area contributed by atoms with E-state index in [0.29, 0.717) is 11.6 Å². The molecule has 18 heavy (non-hydrogen) atoms. The van der Waals surface area contributed by atoms with Gasteiger partial charge < -0.3 is 11.1 Å². The van der Waals surface area contributed by atoms with E-state index in [-0.39, 0.29) is 4.99 Å². The molecule has 0 fully saturated rings. The van der Waals surface area contributed by atoms with Crippen molar-refractivity contribution < 1.29 is 0 Å². The van der Waals surface area contributed by atoms with Crippen molar-refractivity contribution in [2.24, 2.45) is 5.73 Å². The smallest absolute Gasteiger partial charge is 0.228 e. The van der Waals surface area contributed by atoms with E-state index in [9.17, 15) is 0 Å². The fraction of sp³-hybridized carbons (Fsp3) is 0.0833. The highest BCUT2D eigenvalue weighted by atomic mass is 79.9. The van der Waals surface area contributed by atoms with Crippen LogP contribution in [-0.2, 0) is 0 Å². The third-order valence-corrected chi connectivity index (χ3v) is 2.89. The Morgan fingerprint density at radius 1 is 1.33 bits per heavy atom. The minimum absolute atomic E-state index is 0.262. The molecule has 1 heterocycles. The molecule has 0 saturated heterocycles. The van der Waals surface area contributed by atoms with E-state index >= 15 is 0 Å². The Labute approximate surface area is 119 Å². The van der Waals surface area contributed by atoms with Crippen molar-refractivity contribution in [2.75, 3.05) is 5.32 Å². The van der Waals surface area contributed by atoms with Crippen molar-refractivity contribution in [1.29, 1.82) is 0 Å². The minimum atomic E-state index is 0.262. The molecule has 0 aliphatic rings. The Morgan fingerprint density at radius 2 is 2.11 bits per heavy atom. The third kappa shape index (κ3) is 3.24. The molecule has 0 amide bonds. The highest BCUT2D eigenvalue weighted by Gasteiger charge is 2.05. The average molecular weight is 323 g/mol. The highest BCUT2D eigenvalue weighted by molar-refractivity contribution is 9.10. The highest BCUT2D eigenvalue weighted by Crippen LogP contribution is 2.18. The molecular formula is C12H11BrN4S. The van der Waals surface area contributed by atoms with Crippen LogP contribution < -0.4 is 11.1 Å². The fourth-order valence-corrected chi connectivity index (χ4v) is 1.95. The molecule has 3 N–H and O–H groups in total. The molecule has 2 rings (SSSR count). The third-order valence-electron chi connectivity index (χ3n) is 2.19. The van der Waals surface area contributed by atoms with Crippen molar-refractivity contribution in [3.8, 4) is 0 Å². The van der Waals surface area contributed by atoms with E-state index in [0.717, 1.165) is 15.9 Å². The average Bonchev–Trinajstić information content (AvgIpc) is 2.28. The second kappa shape index (κ2) is 5.41. The number of nitrogens with zero attached hydrogens (tertiary/aromatic N) is 2. The molecular weight excluding hydrogens is 312 g/mol. The summed E-state index contributed by atoms with van der Waals surface area (Å²) in [6, 6.07) is 9.50. The molecule has 2 aromatic rings. The van der Waals surface area contributed by atoms with Gasteiger partial charge in [0.1, 0.15) is 10.7 Å². The van der Waals surface area contributed by atoms with Gasteiger partial charge in [-0.05, 0) is 31.2 Å². The zero-order chi connectivity index (χ0) is 13.1. The number of hydrogen-bond donors (Lipinski definition) is 2. The predicted octanol–water partition coefficient (Wildman–Crippen LogP) is 2.93. The number of benzene rings is 1. The van der Waals surface area contributed by atoms with Gasteiger partial charge in [0.2, 0.25) is 5.95 Å². The molecule has 0 saturated carbocycles. The molecule has 6 heteroatoms. The Balaban J connectivity index is 2.31. The molecule has 0 aliphatic heterocycles. The summed E-state index contributed by atoms with van der Waals surface area (Å²) in [5.41, 5.74) is 7.84. The molecule has 0 aliphatic carbocycles. The Morgan fingerprint density at radius 3 is 2.78 bits per heavy atom. The lowest BCUT2D eigenvalue weighted by atomic mass is 10.3. The first-order chi connectivity index (χ1) is 8.54. The van der Waals surface area contributed by atoms with E-state index in [1.165, 1.54) is 0 Å². The molecule has 1 aromatic heterocycles. The standard InChI is InChI=1S/C12H11BrN4S/c1-7-5-10(11(14)18)17-12(15-7)16-9-4-2-3-8(13)6-9/h2-6H,1H3,(H2,14,18)(H,15,16,17). The molecule has 92 valence electrons. The van der Waals surface area contributed by atoms with Crippen LogP contribution in [0.25, 0.3) is 0 Å². The summed E-state index contributed by atoms with van der Waals surface area (Å²) in [4.78, 5) is 8.80. The zero-order valence-corrected chi connectivity index (χ0v) is 12.0. The van der Waals surface area contributed by atoms with E-state index < -0.39 is 0 Å². The van der Waals surface area contributed by atoms with E-state index in [1.54, 1.807) is 6.07 Å². The number of anilines is 2. The van der Waals surface area contributed by atoms with Gasteiger partial charge in [-0.15, -0.1) is 0 Å². The maximum atomic E-state index is 5.57. The second-order valence-electron chi connectivity index (χ2n) is 3.72. The van der Waals surface area contributed by atoms with Crippen molar-refractivity contribution in [3.63, 3.8) is 0 Å². The van der Waals surface area contributed by atoms with Crippen molar-refractivity contribution in [3.05, 3.63) is 46.2 Å². The van der Waals surface area contributed by atoms with Gasteiger partial charge in [0, 0.05) is 15.9 Å². The predicted molar refractivity (Wildman–Crippen MR) is 80.1 cm³/mol. The van der Waals surface area contributed by atoms with Crippen LogP contribution in [0.2, 0.25) is 0 Å². The van der Waals surface area contributed by atoms with Crippen molar-refractivity contribution in [2.45, 2.75) is 6.92 Å². The van der Waals surface area contributed by atoms with E-state index in [1.807, 2.05) is 31.2 Å². The molecule has 4 nitrogen and oxygen atoms in total. The maximum Gasteiger partial charge on any atom is 0.228 e. The van der Waals surface area contributed by atoms with Crippen LogP contribution in [0.3, 0.4) is 0 Å². The topological polar surface area (TPSA) is 63.8 Å². The van der Waals surface area contributed by atoms with Crippen LogP contribution in [0.15, 0.2) is 34.8 Å². The summed E-state index contributed by atoms with van der Waals surface area (Å²) < 4.78 is 0.981. The first kappa shape index (κ1) is 12.9. The number of thiocarbonyl (C=S) groups is 1. The van der Waals surface area contributed by atoms with Gasteiger partial charge in [0.25, 0.3) is 0 Å². The van der Waals surface area contributed by atoms with Gasteiger partial charge in [-0.1, -0.05) is 34.2 Å². The summed E-state index contributed by atoms with van der Waals surface area (Å²) in [6.45, 7) is 1.87. The van der Waals surface area contributed by atoms with Gasteiger partial charge in [0.05, 0.1) is 0 Å². The minimum Gasteiger partial charge on any atom is -0.388 e. The number of aryl methyl sites for hydroxylation is 1. The van der Waals surface area contributed by atoms with Crippen LogP contribution in [0.1, 0.15) is 11.4 Å². The van der Waals surface area contributed by atoms with Gasteiger partial charge >= 0.3 is 0 Å². The Hall–Kier alpha value is -1.53. The number of aromatic nitrogens is 2. The van der Waals surface area contributed by atoms with Crippen LogP contribution in [-0.4, -0.2) is 15.0 Å². The largest absolute Gasteiger partial charge is 0.388 e. The molecule has 0 atom stereocenters. The maximum absolute atomic E-state index is 5.57. The van der Waals surface area contributed by atoms with Gasteiger partial charge in [0.15, 0.2) is 0 Å². The summed E-state index contributed by atoms with van der Waals surface area (Å²) >= 11 is 8.32. The molecule has 1 aromatic carbocycles. The number of hydrogen-bond acceptors (Lipinski definition) is 4. The lowest BCUT2D eigenvalue weighted by molar-refractivity contribution is 1.09. The number of nitrogens with one attached hydrogen (secondary N) is 1. The van der Waals surface area contributed by atoms with Crippen LogP contribution in [0, 0.1) is 6.92 Å². The van der Waals surface area contributed by atoms with Crippen molar-refractivity contribution >= 4 is 44.8 Å². The quantitative estimate of drug-likeness (QED) is 0.851. The normalized spacial score (nSPS) is 10.1. The van der Waals surface area contributed by atoms with Crippen molar-refractivity contribution in [1.82, 2.24) is 9.97 Å². The van der Waals surface area contributed by atoms with E-state index in [4.69, 9.17) is 18.0 Å². The lowest BCUT2D eigenvalue weighted by Crippen LogP contribution is -2.13. The second-order valence-corrected chi connectivity index (χ2v) is 5.07. The first-order valence-electron chi connectivity index (χ1n) is 5.22. The molecule has 0 radical (unpaired) electrons.